The maximum atomic E-state index is 5.86. The first kappa shape index (κ1) is 16.9. The minimum atomic E-state index is 0.0800. The number of ether oxygens (including phenoxy) is 2. The Morgan fingerprint density at radius 1 is 0.760 bits per heavy atom. The van der Waals surface area contributed by atoms with Gasteiger partial charge in [-0.3, -0.25) is 0 Å². The molecule has 3 rings (SSSR count). The van der Waals surface area contributed by atoms with E-state index in [1.54, 1.807) is 0 Å². The Kier molecular flexibility index (Phi) is 5.94. The van der Waals surface area contributed by atoms with Gasteiger partial charge < -0.3 is 14.8 Å². The second-order valence-corrected chi connectivity index (χ2v) is 5.92. The highest BCUT2D eigenvalue weighted by molar-refractivity contribution is 5.46. The summed E-state index contributed by atoms with van der Waals surface area (Å²) in [7, 11) is 0. The fourth-order valence-corrected chi connectivity index (χ4v) is 2.44. The summed E-state index contributed by atoms with van der Waals surface area (Å²) in [6.07, 6.45) is 0.0800. The van der Waals surface area contributed by atoms with E-state index < -0.39 is 0 Å². The van der Waals surface area contributed by atoms with Crippen LogP contribution in [-0.2, 0) is 6.61 Å². The van der Waals surface area contributed by atoms with Crippen LogP contribution < -0.4 is 14.8 Å². The summed E-state index contributed by atoms with van der Waals surface area (Å²) >= 11 is 0. The van der Waals surface area contributed by atoms with Gasteiger partial charge in [0.2, 0.25) is 0 Å². The van der Waals surface area contributed by atoms with Gasteiger partial charge in [-0.1, -0.05) is 48.5 Å². The van der Waals surface area contributed by atoms with E-state index in [-0.39, 0.29) is 6.10 Å². The van der Waals surface area contributed by atoms with E-state index in [2.05, 4.69) is 24.4 Å². The van der Waals surface area contributed by atoms with E-state index in [0.717, 1.165) is 29.3 Å². The molecule has 25 heavy (non-hydrogen) atoms. The highest BCUT2D eigenvalue weighted by Crippen LogP contribution is 2.17. The molecule has 0 aliphatic rings. The van der Waals surface area contributed by atoms with Crippen molar-refractivity contribution < 1.29 is 9.47 Å². The topological polar surface area (TPSA) is 30.5 Å². The Balaban J connectivity index is 1.44. The first-order valence-corrected chi connectivity index (χ1v) is 8.52. The lowest BCUT2D eigenvalue weighted by molar-refractivity contribution is 0.235. The molecule has 1 N–H and O–H groups in total. The van der Waals surface area contributed by atoms with Crippen molar-refractivity contribution >= 4 is 5.69 Å². The zero-order valence-corrected chi connectivity index (χ0v) is 14.4. The number of benzene rings is 3. The summed E-state index contributed by atoms with van der Waals surface area (Å²) in [5, 5.41) is 3.39. The molecule has 0 saturated carbocycles. The summed E-state index contributed by atoms with van der Waals surface area (Å²) in [4.78, 5) is 0. The number of nitrogens with one attached hydrogen (secondary N) is 1. The third-order valence-electron chi connectivity index (χ3n) is 3.78. The molecule has 0 aliphatic carbocycles. The molecule has 0 saturated heterocycles. The number of rotatable bonds is 8. The van der Waals surface area contributed by atoms with Crippen molar-refractivity contribution in [2.45, 2.75) is 19.6 Å². The molecule has 0 spiro atoms. The predicted octanol–water partition coefficient (Wildman–Crippen LogP) is 5.15. The molecule has 3 aromatic carbocycles. The first-order valence-electron chi connectivity index (χ1n) is 8.52. The van der Waals surface area contributed by atoms with Gasteiger partial charge in [-0.05, 0) is 48.9 Å². The second-order valence-electron chi connectivity index (χ2n) is 5.92. The molecule has 1 atom stereocenters. The number of para-hydroxylation sites is 1. The van der Waals surface area contributed by atoms with E-state index in [1.807, 2.05) is 72.8 Å². The lowest BCUT2D eigenvalue weighted by Gasteiger charge is -2.16. The molecule has 0 aromatic heterocycles. The smallest absolute Gasteiger partial charge is 0.119 e. The van der Waals surface area contributed by atoms with E-state index >= 15 is 0 Å². The average molecular weight is 333 g/mol. The fourth-order valence-electron chi connectivity index (χ4n) is 2.44. The minimum absolute atomic E-state index is 0.0800. The van der Waals surface area contributed by atoms with Gasteiger partial charge in [0.1, 0.15) is 24.2 Å². The van der Waals surface area contributed by atoms with Crippen molar-refractivity contribution in [1.29, 1.82) is 0 Å². The highest BCUT2D eigenvalue weighted by Gasteiger charge is 2.04. The summed E-state index contributed by atoms with van der Waals surface area (Å²) in [6.45, 7) is 3.37. The van der Waals surface area contributed by atoms with Gasteiger partial charge in [-0.25, -0.2) is 0 Å². The average Bonchev–Trinajstić information content (AvgIpc) is 2.67. The zero-order valence-electron chi connectivity index (χ0n) is 14.4. The number of hydrogen-bond donors (Lipinski definition) is 1. The Bertz CT molecular complexity index is 742. The number of hydrogen-bond acceptors (Lipinski definition) is 3. The van der Waals surface area contributed by atoms with Crippen molar-refractivity contribution in [3.8, 4) is 11.5 Å². The van der Waals surface area contributed by atoms with Crippen molar-refractivity contribution in [1.82, 2.24) is 0 Å². The zero-order chi connectivity index (χ0) is 17.3. The molecule has 0 heterocycles. The molecule has 3 aromatic rings. The van der Waals surface area contributed by atoms with Crippen LogP contribution in [0.2, 0.25) is 0 Å². The van der Waals surface area contributed by atoms with Gasteiger partial charge in [-0.2, -0.15) is 0 Å². The summed E-state index contributed by atoms with van der Waals surface area (Å²) < 4.78 is 11.7. The van der Waals surface area contributed by atoms with Gasteiger partial charge in [0.05, 0.1) is 6.54 Å². The van der Waals surface area contributed by atoms with E-state index in [4.69, 9.17) is 9.47 Å². The molecule has 0 aliphatic heterocycles. The van der Waals surface area contributed by atoms with Crippen LogP contribution in [0.25, 0.3) is 0 Å². The van der Waals surface area contributed by atoms with Crippen molar-refractivity contribution in [2.24, 2.45) is 0 Å². The van der Waals surface area contributed by atoms with E-state index in [0.29, 0.717) is 6.61 Å². The van der Waals surface area contributed by atoms with Gasteiger partial charge in [0.25, 0.3) is 0 Å². The third kappa shape index (κ3) is 5.57. The van der Waals surface area contributed by atoms with Gasteiger partial charge >= 0.3 is 0 Å². The molecule has 0 fully saturated rings. The van der Waals surface area contributed by atoms with Gasteiger partial charge in [0, 0.05) is 5.69 Å². The Morgan fingerprint density at radius 2 is 1.40 bits per heavy atom. The Labute approximate surface area is 149 Å². The molecular weight excluding hydrogens is 310 g/mol. The molecule has 3 nitrogen and oxygen atoms in total. The lowest BCUT2D eigenvalue weighted by Crippen LogP contribution is -2.22. The van der Waals surface area contributed by atoms with Crippen molar-refractivity contribution in [2.75, 3.05) is 11.9 Å². The summed E-state index contributed by atoms with van der Waals surface area (Å²) in [5.41, 5.74) is 2.21. The summed E-state index contributed by atoms with van der Waals surface area (Å²) in [5.74, 6) is 1.75. The fraction of sp³-hybridized carbons (Fsp3) is 0.182. The lowest BCUT2D eigenvalue weighted by atomic mass is 10.2. The van der Waals surface area contributed by atoms with E-state index in [9.17, 15) is 0 Å². The second kappa shape index (κ2) is 8.78. The first-order chi connectivity index (χ1) is 12.3. The third-order valence-corrected chi connectivity index (χ3v) is 3.78. The maximum Gasteiger partial charge on any atom is 0.119 e. The standard InChI is InChI=1S/C22H23NO2/c1-18(25-22-10-6-3-7-11-22)16-23-20-12-14-21(15-13-20)24-17-19-8-4-2-5-9-19/h2-15,18,23H,16-17H2,1H3. The quantitative estimate of drug-likeness (QED) is 0.619. The van der Waals surface area contributed by atoms with Crippen LogP contribution >= 0.6 is 0 Å². The van der Waals surface area contributed by atoms with Gasteiger partial charge in [-0.15, -0.1) is 0 Å². The van der Waals surface area contributed by atoms with Crippen LogP contribution in [0.5, 0.6) is 11.5 Å². The van der Waals surface area contributed by atoms with Crippen LogP contribution in [0.1, 0.15) is 12.5 Å². The molecule has 1 unspecified atom stereocenters. The van der Waals surface area contributed by atoms with Gasteiger partial charge in [0.15, 0.2) is 0 Å². The monoisotopic (exact) mass is 333 g/mol. The van der Waals surface area contributed by atoms with Crippen LogP contribution in [0.15, 0.2) is 84.9 Å². The van der Waals surface area contributed by atoms with Crippen molar-refractivity contribution in [3.63, 3.8) is 0 Å². The Hall–Kier alpha value is -2.94. The van der Waals surface area contributed by atoms with Crippen LogP contribution in [0.3, 0.4) is 0 Å². The number of anilines is 1. The molecule has 0 bridgehead atoms. The van der Waals surface area contributed by atoms with Crippen molar-refractivity contribution in [3.05, 3.63) is 90.5 Å². The van der Waals surface area contributed by atoms with Crippen LogP contribution in [0, 0.1) is 0 Å². The molecule has 128 valence electrons. The molecule has 0 amide bonds. The predicted molar refractivity (Wildman–Crippen MR) is 102 cm³/mol. The largest absolute Gasteiger partial charge is 0.489 e. The summed E-state index contributed by atoms with van der Waals surface area (Å²) in [6, 6.07) is 28.0. The highest BCUT2D eigenvalue weighted by atomic mass is 16.5. The normalized spacial score (nSPS) is 11.6. The van der Waals surface area contributed by atoms with E-state index in [1.165, 1.54) is 0 Å². The SMILES string of the molecule is CC(CNc1ccc(OCc2ccccc2)cc1)Oc1ccccc1. The molecule has 0 radical (unpaired) electrons. The van der Waals surface area contributed by atoms with Crippen LogP contribution in [-0.4, -0.2) is 12.6 Å². The van der Waals surface area contributed by atoms with Crippen LogP contribution in [0.4, 0.5) is 5.69 Å². The Morgan fingerprint density at radius 3 is 2.08 bits per heavy atom. The minimum Gasteiger partial charge on any atom is -0.489 e. The molecular formula is C22H23NO2. The molecule has 3 heteroatoms. The maximum absolute atomic E-state index is 5.86.